The maximum atomic E-state index is 11.3. The Morgan fingerprint density at radius 2 is 2.20 bits per heavy atom. The fourth-order valence-corrected chi connectivity index (χ4v) is 0.957. The number of hydrogen-bond acceptors (Lipinski definition) is 4. The molecule has 0 aromatic rings. The van der Waals surface area contributed by atoms with E-state index in [-0.39, 0.29) is 12.9 Å². The van der Waals surface area contributed by atoms with Crippen molar-refractivity contribution in [2.75, 3.05) is 20.0 Å². The molecule has 15 heavy (non-hydrogen) atoms. The highest BCUT2D eigenvalue weighted by atomic mass is 16.7. The van der Waals surface area contributed by atoms with E-state index in [0.717, 1.165) is 5.57 Å². The molecule has 1 aliphatic heterocycles. The lowest BCUT2D eigenvalue weighted by Gasteiger charge is -2.06. The summed E-state index contributed by atoms with van der Waals surface area (Å²) in [6.45, 7) is 10.2. The molecule has 0 amide bonds. The van der Waals surface area contributed by atoms with Crippen molar-refractivity contribution >= 4 is 5.97 Å². The van der Waals surface area contributed by atoms with Crippen molar-refractivity contribution in [1.82, 2.24) is 0 Å². The highest BCUT2D eigenvalue weighted by Gasteiger charge is 2.25. The lowest BCUT2D eigenvalue weighted by molar-refractivity contribution is -0.150. The lowest BCUT2D eigenvalue weighted by atomic mass is 10.2. The summed E-state index contributed by atoms with van der Waals surface area (Å²) in [4.78, 5) is 11.3. The Morgan fingerprint density at radius 1 is 1.53 bits per heavy atom. The Bertz CT molecular complexity index is 266. The van der Waals surface area contributed by atoms with Crippen molar-refractivity contribution in [2.45, 2.75) is 19.4 Å². The van der Waals surface area contributed by atoms with Crippen LogP contribution in [0.4, 0.5) is 0 Å². The van der Waals surface area contributed by atoms with Gasteiger partial charge in [0.05, 0.1) is 19.3 Å². The Balaban J connectivity index is 2.06. The first kappa shape index (κ1) is 11.9. The summed E-state index contributed by atoms with van der Waals surface area (Å²) in [5.74, 6) is -0.424. The summed E-state index contributed by atoms with van der Waals surface area (Å²) in [7, 11) is 0. The van der Waals surface area contributed by atoms with Crippen molar-refractivity contribution in [3.8, 4) is 0 Å². The van der Waals surface area contributed by atoms with Crippen molar-refractivity contribution < 1.29 is 19.0 Å². The van der Waals surface area contributed by atoms with Crippen LogP contribution in [0.3, 0.4) is 0 Å². The van der Waals surface area contributed by atoms with E-state index >= 15 is 0 Å². The van der Waals surface area contributed by atoms with Gasteiger partial charge in [0, 0.05) is 12.0 Å². The highest BCUT2D eigenvalue weighted by Crippen LogP contribution is 2.18. The van der Waals surface area contributed by atoms with Crippen LogP contribution < -0.4 is 0 Å². The predicted octanol–water partition coefficient (Wildman–Crippen LogP) is 1.42. The molecule has 0 saturated carbocycles. The SMILES string of the molecule is C=C(C)COCOC(=O)C(=C)CC1CO1. The Labute approximate surface area is 89.5 Å². The fourth-order valence-electron chi connectivity index (χ4n) is 0.957. The minimum atomic E-state index is -0.424. The summed E-state index contributed by atoms with van der Waals surface area (Å²) >= 11 is 0. The minimum absolute atomic E-state index is 0.0593. The number of carbonyl (C=O) groups excluding carboxylic acids is 1. The molecule has 0 spiro atoms. The number of carbonyl (C=O) groups is 1. The van der Waals surface area contributed by atoms with E-state index in [1.54, 1.807) is 0 Å². The van der Waals surface area contributed by atoms with E-state index in [1.807, 2.05) is 6.92 Å². The molecule has 1 atom stereocenters. The molecule has 1 fully saturated rings. The molecule has 0 radical (unpaired) electrons. The van der Waals surface area contributed by atoms with Gasteiger partial charge >= 0.3 is 5.97 Å². The van der Waals surface area contributed by atoms with Crippen LogP contribution in [0.25, 0.3) is 0 Å². The van der Waals surface area contributed by atoms with E-state index < -0.39 is 5.97 Å². The topological polar surface area (TPSA) is 48.1 Å². The summed E-state index contributed by atoms with van der Waals surface area (Å²) in [5, 5.41) is 0. The van der Waals surface area contributed by atoms with Crippen LogP contribution in [0.2, 0.25) is 0 Å². The lowest BCUT2D eigenvalue weighted by Crippen LogP contribution is -2.12. The fraction of sp³-hybridized carbons (Fsp3) is 0.545. The molecule has 1 heterocycles. The molecule has 0 aromatic heterocycles. The van der Waals surface area contributed by atoms with Crippen LogP contribution in [0, 0.1) is 0 Å². The van der Waals surface area contributed by atoms with Gasteiger partial charge in [-0.3, -0.25) is 0 Å². The second kappa shape index (κ2) is 5.68. The first-order valence-corrected chi connectivity index (χ1v) is 4.78. The molecule has 84 valence electrons. The molecule has 0 bridgehead atoms. The zero-order valence-electron chi connectivity index (χ0n) is 8.95. The van der Waals surface area contributed by atoms with Crippen molar-refractivity contribution in [1.29, 1.82) is 0 Å². The average molecular weight is 212 g/mol. The van der Waals surface area contributed by atoms with E-state index in [1.165, 1.54) is 0 Å². The summed E-state index contributed by atoms with van der Waals surface area (Å²) < 4.78 is 14.8. The number of esters is 1. The van der Waals surface area contributed by atoms with E-state index in [0.29, 0.717) is 25.2 Å². The molecule has 0 aromatic carbocycles. The normalized spacial score (nSPS) is 18.3. The second-order valence-electron chi connectivity index (χ2n) is 3.62. The molecule has 1 saturated heterocycles. The van der Waals surface area contributed by atoms with Crippen molar-refractivity contribution in [3.63, 3.8) is 0 Å². The van der Waals surface area contributed by atoms with Crippen LogP contribution in [0.1, 0.15) is 13.3 Å². The minimum Gasteiger partial charge on any atom is -0.435 e. The molecule has 0 aliphatic carbocycles. The van der Waals surface area contributed by atoms with Gasteiger partial charge in [0.2, 0.25) is 0 Å². The molecule has 4 heteroatoms. The third-order valence-corrected chi connectivity index (χ3v) is 1.79. The molecule has 0 N–H and O–H groups in total. The van der Waals surface area contributed by atoms with E-state index in [9.17, 15) is 4.79 Å². The summed E-state index contributed by atoms with van der Waals surface area (Å²) in [5.41, 5.74) is 1.31. The third-order valence-electron chi connectivity index (χ3n) is 1.79. The maximum absolute atomic E-state index is 11.3. The Hall–Kier alpha value is -1.13. The first-order valence-electron chi connectivity index (χ1n) is 4.78. The quantitative estimate of drug-likeness (QED) is 0.160. The van der Waals surface area contributed by atoms with Gasteiger partial charge in [-0.1, -0.05) is 18.7 Å². The van der Waals surface area contributed by atoms with Crippen LogP contribution in [0.15, 0.2) is 24.3 Å². The zero-order valence-corrected chi connectivity index (χ0v) is 8.95. The molecular weight excluding hydrogens is 196 g/mol. The van der Waals surface area contributed by atoms with Gasteiger partial charge in [0.1, 0.15) is 0 Å². The van der Waals surface area contributed by atoms with Gasteiger partial charge in [-0.15, -0.1) is 0 Å². The smallest absolute Gasteiger partial charge is 0.335 e. The molecule has 1 rings (SSSR count). The summed E-state index contributed by atoms with van der Waals surface area (Å²) in [6.07, 6.45) is 0.695. The molecule has 4 nitrogen and oxygen atoms in total. The predicted molar refractivity (Wildman–Crippen MR) is 55.2 cm³/mol. The Morgan fingerprint density at radius 3 is 2.73 bits per heavy atom. The van der Waals surface area contributed by atoms with Crippen LogP contribution in [0.5, 0.6) is 0 Å². The zero-order chi connectivity index (χ0) is 11.3. The van der Waals surface area contributed by atoms with Crippen LogP contribution in [-0.4, -0.2) is 32.1 Å². The molecule has 1 aliphatic rings. The highest BCUT2D eigenvalue weighted by molar-refractivity contribution is 5.87. The van der Waals surface area contributed by atoms with E-state index in [4.69, 9.17) is 14.2 Å². The van der Waals surface area contributed by atoms with Gasteiger partial charge in [-0.25, -0.2) is 4.79 Å². The summed E-state index contributed by atoms with van der Waals surface area (Å²) in [6, 6.07) is 0. The number of hydrogen-bond donors (Lipinski definition) is 0. The van der Waals surface area contributed by atoms with Gasteiger partial charge in [-0.2, -0.15) is 0 Å². The van der Waals surface area contributed by atoms with Crippen LogP contribution in [-0.2, 0) is 19.0 Å². The number of ether oxygens (including phenoxy) is 3. The molecular formula is C11H16O4. The van der Waals surface area contributed by atoms with Gasteiger partial charge < -0.3 is 14.2 Å². The monoisotopic (exact) mass is 212 g/mol. The first-order chi connectivity index (χ1) is 7.09. The molecule has 1 unspecified atom stereocenters. The Kier molecular flexibility index (Phi) is 4.52. The van der Waals surface area contributed by atoms with Crippen molar-refractivity contribution in [3.05, 3.63) is 24.3 Å². The van der Waals surface area contributed by atoms with Crippen molar-refractivity contribution in [2.24, 2.45) is 0 Å². The van der Waals surface area contributed by atoms with E-state index in [2.05, 4.69) is 13.2 Å². The van der Waals surface area contributed by atoms with Gasteiger partial charge in [0.25, 0.3) is 0 Å². The maximum Gasteiger partial charge on any atom is 0.335 e. The second-order valence-corrected chi connectivity index (χ2v) is 3.62. The largest absolute Gasteiger partial charge is 0.435 e. The standard InChI is InChI=1S/C11H16O4/c1-8(2)5-13-7-15-11(12)9(3)4-10-6-14-10/h10H,1,3-7H2,2H3. The number of rotatable bonds is 7. The van der Waals surface area contributed by atoms with Gasteiger partial charge in [0.15, 0.2) is 6.79 Å². The van der Waals surface area contributed by atoms with Crippen LogP contribution >= 0.6 is 0 Å². The average Bonchev–Trinajstić information content (AvgIpc) is 2.95. The number of epoxide rings is 1. The van der Waals surface area contributed by atoms with Gasteiger partial charge in [-0.05, 0) is 6.92 Å². The third kappa shape index (κ3) is 5.34.